The third-order valence-electron chi connectivity index (χ3n) is 2.90. The lowest BCUT2D eigenvalue weighted by molar-refractivity contribution is 0.0568. The van der Waals surface area contributed by atoms with Gasteiger partial charge >= 0.3 is 0 Å². The maximum absolute atomic E-state index is 13.8. The van der Waals surface area contributed by atoms with Crippen LogP contribution in [0.1, 0.15) is 5.56 Å². The van der Waals surface area contributed by atoms with Gasteiger partial charge in [-0.2, -0.15) is 11.8 Å². The molecule has 1 aromatic carbocycles. The van der Waals surface area contributed by atoms with Gasteiger partial charge in [-0.3, -0.25) is 0 Å². The average Bonchev–Trinajstić information content (AvgIpc) is 2.40. The summed E-state index contributed by atoms with van der Waals surface area (Å²) in [5.41, 5.74) is 6.01. The second-order valence-electron chi connectivity index (χ2n) is 4.17. The van der Waals surface area contributed by atoms with Crippen LogP contribution in [0.4, 0.5) is 8.78 Å². The maximum Gasteiger partial charge on any atom is 0.143 e. The van der Waals surface area contributed by atoms with Crippen molar-refractivity contribution < 1.29 is 13.5 Å². The lowest BCUT2D eigenvalue weighted by Gasteiger charge is -2.27. The molecule has 0 saturated carbocycles. The second kappa shape index (κ2) is 6.32. The van der Waals surface area contributed by atoms with Crippen LogP contribution in [0, 0.1) is 11.6 Å². The molecule has 2 N–H and O–H groups in total. The Labute approximate surface area is 117 Å². The SMILES string of the molecule is NC(Cc1c(F)ccc(Br)c1F)C1CSCCO1. The maximum atomic E-state index is 13.8. The molecule has 1 aliphatic heterocycles. The minimum atomic E-state index is -0.575. The van der Waals surface area contributed by atoms with Gasteiger partial charge in [0.1, 0.15) is 11.6 Å². The van der Waals surface area contributed by atoms with E-state index in [0.29, 0.717) is 6.61 Å². The number of ether oxygens (including phenoxy) is 1. The second-order valence-corrected chi connectivity index (χ2v) is 6.18. The number of hydrogen-bond acceptors (Lipinski definition) is 3. The molecular weight excluding hydrogens is 324 g/mol. The molecule has 0 radical (unpaired) electrons. The van der Waals surface area contributed by atoms with E-state index >= 15 is 0 Å². The molecule has 2 nitrogen and oxygen atoms in total. The van der Waals surface area contributed by atoms with Crippen LogP contribution in [-0.4, -0.2) is 30.3 Å². The van der Waals surface area contributed by atoms with Crippen molar-refractivity contribution in [2.75, 3.05) is 18.1 Å². The van der Waals surface area contributed by atoms with Gasteiger partial charge < -0.3 is 10.5 Å². The van der Waals surface area contributed by atoms with E-state index in [4.69, 9.17) is 10.5 Å². The van der Waals surface area contributed by atoms with E-state index in [9.17, 15) is 8.78 Å². The fourth-order valence-electron chi connectivity index (χ4n) is 1.88. The Kier molecular flexibility index (Phi) is 5.00. The summed E-state index contributed by atoms with van der Waals surface area (Å²) in [7, 11) is 0. The lowest BCUT2D eigenvalue weighted by atomic mass is 10.0. The highest BCUT2D eigenvalue weighted by atomic mass is 79.9. The van der Waals surface area contributed by atoms with Crippen molar-refractivity contribution in [3.8, 4) is 0 Å². The standard InChI is InChI=1S/C12H14BrF2NOS/c13-8-1-2-9(14)7(12(8)15)5-10(16)11-6-18-4-3-17-11/h1-2,10-11H,3-6,16H2. The predicted molar refractivity (Wildman–Crippen MR) is 72.8 cm³/mol. The zero-order valence-electron chi connectivity index (χ0n) is 9.67. The lowest BCUT2D eigenvalue weighted by Crippen LogP contribution is -2.43. The van der Waals surface area contributed by atoms with Gasteiger partial charge in [-0.15, -0.1) is 0 Å². The molecule has 1 aromatic rings. The summed E-state index contributed by atoms with van der Waals surface area (Å²) in [6, 6.07) is 2.20. The topological polar surface area (TPSA) is 35.2 Å². The van der Waals surface area contributed by atoms with E-state index in [-0.39, 0.29) is 22.6 Å². The molecular formula is C12H14BrF2NOS. The molecule has 1 aliphatic rings. The number of benzene rings is 1. The summed E-state index contributed by atoms with van der Waals surface area (Å²) in [6.45, 7) is 0.645. The van der Waals surface area contributed by atoms with Crippen LogP contribution >= 0.6 is 27.7 Å². The van der Waals surface area contributed by atoms with Crippen molar-refractivity contribution in [1.82, 2.24) is 0 Å². The molecule has 2 rings (SSSR count). The summed E-state index contributed by atoms with van der Waals surface area (Å²) in [6.07, 6.45) is 0.00373. The highest BCUT2D eigenvalue weighted by Gasteiger charge is 2.24. The molecule has 2 atom stereocenters. The van der Waals surface area contributed by atoms with E-state index in [1.54, 1.807) is 11.8 Å². The molecule has 100 valence electrons. The molecule has 0 amide bonds. The molecule has 0 aromatic heterocycles. The number of rotatable bonds is 3. The van der Waals surface area contributed by atoms with Crippen LogP contribution in [0.25, 0.3) is 0 Å². The van der Waals surface area contributed by atoms with Crippen molar-refractivity contribution in [1.29, 1.82) is 0 Å². The molecule has 0 aliphatic carbocycles. The van der Waals surface area contributed by atoms with Crippen LogP contribution < -0.4 is 5.73 Å². The number of nitrogens with two attached hydrogens (primary N) is 1. The third-order valence-corrected chi connectivity index (χ3v) is 4.53. The van der Waals surface area contributed by atoms with Gasteiger partial charge in [0, 0.05) is 23.1 Å². The molecule has 1 fully saturated rings. The van der Waals surface area contributed by atoms with Crippen molar-refractivity contribution in [3.05, 3.63) is 33.8 Å². The highest BCUT2D eigenvalue weighted by Crippen LogP contribution is 2.24. The van der Waals surface area contributed by atoms with Crippen molar-refractivity contribution in [2.45, 2.75) is 18.6 Å². The fourth-order valence-corrected chi connectivity index (χ4v) is 3.20. The normalized spacial score (nSPS) is 21.9. The molecule has 1 heterocycles. The van der Waals surface area contributed by atoms with Crippen molar-refractivity contribution in [3.63, 3.8) is 0 Å². The summed E-state index contributed by atoms with van der Waals surface area (Å²) >= 11 is 4.80. The monoisotopic (exact) mass is 337 g/mol. The van der Waals surface area contributed by atoms with Crippen LogP contribution in [0.3, 0.4) is 0 Å². The first-order valence-electron chi connectivity index (χ1n) is 5.67. The van der Waals surface area contributed by atoms with Crippen molar-refractivity contribution >= 4 is 27.7 Å². The first-order chi connectivity index (χ1) is 8.59. The Balaban J connectivity index is 2.10. The van der Waals surface area contributed by atoms with Gasteiger partial charge in [-0.25, -0.2) is 8.78 Å². The van der Waals surface area contributed by atoms with Gasteiger partial charge in [0.05, 0.1) is 17.2 Å². The number of thioether (sulfide) groups is 1. The molecule has 1 saturated heterocycles. The number of halogens is 3. The minimum Gasteiger partial charge on any atom is -0.375 e. The molecule has 18 heavy (non-hydrogen) atoms. The summed E-state index contributed by atoms with van der Waals surface area (Å²) in [5, 5.41) is 0. The van der Waals surface area contributed by atoms with Gasteiger partial charge in [0.2, 0.25) is 0 Å². The summed E-state index contributed by atoms with van der Waals surface area (Å²) < 4.78 is 33.2. The van der Waals surface area contributed by atoms with Crippen molar-refractivity contribution in [2.24, 2.45) is 5.73 Å². The number of hydrogen-bond donors (Lipinski definition) is 1. The first-order valence-corrected chi connectivity index (χ1v) is 7.61. The molecule has 0 bridgehead atoms. The molecule has 0 spiro atoms. The highest BCUT2D eigenvalue weighted by molar-refractivity contribution is 9.10. The Bertz CT molecular complexity index is 427. The van der Waals surface area contributed by atoms with Gasteiger partial charge in [0.15, 0.2) is 0 Å². The van der Waals surface area contributed by atoms with Crippen LogP contribution in [0.2, 0.25) is 0 Å². The average molecular weight is 338 g/mol. The van der Waals surface area contributed by atoms with E-state index in [1.165, 1.54) is 12.1 Å². The van der Waals surface area contributed by atoms with E-state index in [1.807, 2.05) is 0 Å². The smallest absolute Gasteiger partial charge is 0.143 e. The first kappa shape index (κ1) is 14.2. The van der Waals surface area contributed by atoms with Crippen LogP contribution in [-0.2, 0) is 11.2 Å². The Morgan fingerprint density at radius 3 is 2.94 bits per heavy atom. The summed E-state index contributed by atoms with van der Waals surface area (Å²) in [5.74, 6) is 0.588. The van der Waals surface area contributed by atoms with Crippen LogP contribution in [0.15, 0.2) is 16.6 Å². The van der Waals surface area contributed by atoms with Gasteiger partial charge in [0.25, 0.3) is 0 Å². The Morgan fingerprint density at radius 1 is 1.50 bits per heavy atom. The fraction of sp³-hybridized carbons (Fsp3) is 0.500. The van der Waals surface area contributed by atoms with E-state index in [0.717, 1.165) is 11.5 Å². The predicted octanol–water partition coefficient (Wildman–Crippen LogP) is 2.73. The Morgan fingerprint density at radius 2 is 2.28 bits per heavy atom. The minimum absolute atomic E-state index is 0.0241. The molecule has 2 unspecified atom stereocenters. The van der Waals surface area contributed by atoms with E-state index in [2.05, 4.69) is 15.9 Å². The third kappa shape index (κ3) is 3.23. The quantitative estimate of drug-likeness (QED) is 0.861. The van der Waals surface area contributed by atoms with Gasteiger partial charge in [-0.05, 0) is 34.5 Å². The molecule has 6 heteroatoms. The van der Waals surface area contributed by atoms with E-state index < -0.39 is 17.7 Å². The zero-order valence-corrected chi connectivity index (χ0v) is 12.1. The Hall–Kier alpha value is -0.170. The largest absolute Gasteiger partial charge is 0.375 e. The summed E-state index contributed by atoms with van der Waals surface area (Å²) in [4.78, 5) is 0. The van der Waals surface area contributed by atoms with Crippen LogP contribution in [0.5, 0.6) is 0 Å². The van der Waals surface area contributed by atoms with Gasteiger partial charge in [-0.1, -0.05) is 0 Å². The zero-order chi connectivity index (χ0) is 13.1.